The minimum atomic E-state index is -1.15. The fraction of sp³-hybridized carbons (Fsp3) is 0.389. The molecule has 0 aliphatic carbocycles. The second kappa shape index (κ2) is 8.22. The van der Waals surface area contributed by atoms with E-state index in [9.17, 15) is 9.59 Å². The zero-order valence-corrected chi connectivity index (χ0v) is 16.1. The maximum Gasteiger partial charge on any atom is 0.337 e. The lowest BCUT2D eigenvalue weighted by atomic mass is 10.0. The van der Waals surface area contributed by atoms with E-state index < -0.39 is 14.0 Å². The highest BCUT2D eigenvalue weighted by Crippen LogP contribution is 2.22. The molecular formula is C18H24N2O4Si. The van der Waals surface area contributed by atoms with Crippen molar-refractivity contribution in [2.24, 2.45) is 0 Å². The first-order chi connectivity index (χ1) is 11.8. The van der Waals surface area contributed by atoms with Gasteiger partial charge in [0.2, 0.25) is 0 Å². The van der Waals surface area contributed by atoms with Crippen molar-refractivity contribution in [3.8, 4) is 11.1 Å². The second-order valence-electron chi connectivity index (χ2n) is 7.02. The zero-order valence-electron chi connectivity index (χ0n) is 15.1. The van der Waals surface area contributed by atoms with Gasteiger partial charge in [-0.05, 0) is 23.7 Å². The number of methoxy groups -OCH3 is 1. The summed E-state index contributed by atoms with van der Waals surface area (Å²) in [5, 5.41) is 6.57. The average molecular weight is 360 g/mol. The molecule has 0 aliphatic heterocycles. The smallest absolute Gasteiger partial charge is 0.337 e. The largest absolute Gasteiger partial charge is 0.465 e. The summed E-state index contributed by atoms with van der Waals surface area (Å²) in [7, 11) is 0.190. The maximum atomic E-state index is 11.7. The molecule has 0 atom stereocenters. The van der Waals surface area contributed by atoms with Crippen LogP contribution in [0.2, 0.25) is 25.7 Å². The Morgan fingerprint density at radius 1 is 1.20 bits per heavy atom. The van der Waals surface area contributed by atoms with Crippen LogP contribution in [-0.2, 0) is 16.1 Å². The lowest BCUT2D eigenvalue weighted by molar-refractivity contribution is 0.0600. The number of ether oxygens (including phenoxy) is 2. The molecule has 0 bridgehead atoms. The van der Waals surface area contributed by atoms with Crippen molar-refractivity contribution < 1.29 is 14.3 Å². The van der Waals surface area contributed by atoms with Gasteiger partial charge in [-0.25, -0.2) is 9.89 Å². The van der Waals surface area contributed by atoms with Crippen LogP contribution in [0.4, 0.5) is 0 Å². The van der Waals surface area contributed by atoms with Crippen molar-refractivity contribution >= 4 is 14.0 Å². The Balaban J connectivity index is 2.18. The fourth-order valence-corrected chi connectivity index (χ4v) is 3.00. The summed E-state index contributed by atoms with van der Waals surface area (Å²) in [5.41, 5.74) is 2.35. The van der Waals surface area contributed by atoms with Crippen LogP contribution in [0, 0.1) is 0 Å². The van der Waals surface area contributed by atoms with Crippen LogP contribution in [0.3, 0.4) is 0 Å². The minimum Gasteiger partial charge on any atom is -0.465 e. The van der Waals surface area contributed by atoms with E-state index in [4.69, 9.17) is 9.47 Å². The Morgan fingerprint density at radius 3 is 2.48 bits per heavy atom. The Hall–Kier alpha value is -2.25. The zero-order chi connectivity index (χ0) is 18.4. The van der Waals surface area contributed by atoms with E-state index in [1.165, 1.54) is 13.2 Å². The molecule has 0 amide bonds. The van der Waals surface area contributed by atoms with E-state index in [2.05, 4.69) is 29.8 Å². The first-order valence-corrected chi connectivity index (χ1v) is 11.9. The Bertz CT molecular complexity index is 779. The molecule has 6 nitrogen and oxygen atoms in total. The van der Waals surface area contributed by atoms with Crippen molar-refractivity contribution in [1.82, 2.24) is 10.2 Å². The maximum absolute atomic E-state index is 11.7. The van der Waals surface area contributed by atoms with Gasteiger partial charge >= 0.3 is 5.97 Å². The molecule has 0 saturated heterocycles. The van der Waals surface area contributed by atoms with Crippen LogP contribution in [0.15, 0.2) is 35.1 Å². The summed E-state index contributed by atoms with van der Waals surface area (Å²) in [6, 6.07) is 9.44. The van der Waals surface area contributed by atoms with Gasteiger partial charge in [0.25, 0.3) is 5.56 Å². The molecule has 0 saturated carbocycles. The van der Waals surface area contributed by atoms with E-state index in [1.807, 2.05) is 0 Å². The predicted molar refractivity (Wildman–Crippen MR) is 99.4 cm³/mol. The Labute approximate surface area is 148 Å². The lowest BCUT2D eigenvalue weighted by Crippen LogP contribution is -2.21. The number of carbonyl (C=O) groups excluding carboxylic acids is 1. The van der Waals surface area contributed by atoms with Gasteiger partial charge in [-0.1, -0.05) is 31.8 Å². The fourth-order valence-electron chi connectivity index (χ4n) is 2.24. The molecule has 134 valence electrons. The number of H-pyrrole nitrogens is 1. The minimum absolute atomic E-state index is 0.280. The monoisotopic (exact) mass is 360 g/mol. The second-order valence-corrected chi connectivity index (χ2v) is 12.6. The van der Waals surface area contributed by atoms with Crippen molar-refractivity contribution in [3.05, 3.63) is 51.9 Å². The van der Waals surface area contributed by atoms with Crippen LogP contribution in [-0.4, -0.2) is 38.0 Å². The first kappa shape index (κ1) is 19.1. The number of carbonyl (C=O) groups is 1. The van der Waals surface area contributed by atoms with Gasteiger partial charge in [0.05, 0.1) is 25.0 Å². The Morgan fingerprint density at radius 2 is 1.88 bits per heavy atom. The highest BCUT2D eigenvalue weighted by atomic mass is 28.3. The van der Waals surface area contributed by atoms with Gasteiger partial charge in [0.15, 0.2) is 0 Å². The molecule has 1 aromatic heterocycles. The summed E-state index contributed by atoms with van der Waals surface area (Å²) in [6.07, 6.45) is 0. The third kappa shape index (κ3) is 5.65. The number of nitrogens with one attached hydrogen (secondary N) is 1. The van der Waals surface area contributed by atoms with Gasteiger partial charge in [-0.2, -0.15) is 5.10 Å². The molecule has 2 rings (SSSR count). The van der Waals surface area contributed by atoms with Crippen molar-refractivity contribution in [2.45, 2.75) is 32.3 Å². The predicted octanol–water partition coefficient (Wildman–Crippen LogP) is 3.08. The van der Waals surface area contributed by atoms with Gasteiger partial charge in [-0.15, -0.1) is 0 Å². The van der Waals surface area contributed by atoms with Crippen LogP contribution in [0.25, 0.3) is 11.1 Å². The third-order valence-corrected chi connectivity index (χ3v) is 5.44. The van der Waals surface area contributed by atoms with Gasteiger partial charge in [0, 0.05) is 26.3 Å². The average Bonchev–Trinajstić information content (AvgIpc) is 2.58. The molecule has 0 spiro atoms. The lowest BCUT2D eigenvalue weighted by Gasteiger charge is -2.15. The van der Waals surface area contributed by atoms with Gasteiger partial charge < -0.3 is 9.47 Å². The number of hydrogen-bond acceptors (Lipinski definition) is 5. The number of hydrogen-bond donors (Lipinski definition) is 1. The van der Waals surface area contributed by atoms with E-state index in [1.54, 1.807) is 24.3 Å². The third-order valence-electron chi connectivity index (χ3n) is 3.74. The molecular weight excluding hydrogens is 336 g/mol. The van der Waals surface area contributed by atoms with E-state index >= 15 is 0 Å². The molecule has 7 heteroatoms. The summed E-state index contributed by atoms with van der Waals surface area (Å²) < 4.78 is 10.4. The number of aromatic nitrogens is 2. The number of aromatic amines is 1. The highest BCUT2D eigenvalue weighted by molar-refractivity contribution is 6.76. The molecule has 0 unspecified atom stereocenters. The van der Waals surface area contributed by atoms with E-state index in [0.717, 1.165) is 11.6 Å². The molecule has 2 aromatic rings. The molecule has 0 fully saturated rings. The molecule has 0 radical (unpaired) electrons. The van der Waals surface area contributed by atoms with Crippen molar-refractivity contribution in [1.29, 1.82) is 0 Å². The highest BCUT2D eigenvalue weighted by Gasteiger charge is 2.14. The first-order valence-electron chi connectivity index (χ1n) is 8.15. The number of esters is 1. The molecule has 0 aliphatic rings. The number of benzene rings is 1. The summed E-state index contributed by atoms with van der Waals surface area (Å²) in [5.74, 6) is -0.398. The van der Waals surface area contributed by atoms with Gasteiger partial charge in [0.1, 0.15) is 0 Å². The van der Waals surface area contributed by atoms with Crippen LogP contribution >= 0.6 is 0 Å². The summed E-state index contributed by atoms with van der Waals surface area (Å²) in [6.45, 7) is 7.89. The van der Waals surface area contributed by atoms with E-state index in [-0.39, 0.29) is 5.56 Å². The number of nitrogens with zero attached hydrogens (tertiary/aromatic N) is 1. The van der Waals surface area contributed by atoms with Gasteiger partial charge in [-0.3, -0.25) is 4.79 Å². The topological polar surface area (TPSA) is 81.3 Å². The normalized spacial score (nSPS) is 11.4. The molecule has 1 N–H and O–H groups in total. The SMILES string of the molecule is COC(=O)c1ccc(-c2cc(=O)[nH]nc2COCC[Si](C)(C)C)cc1. The molecule has 25 heavy (non-hydrogen) atoms. The van der Waals surface area contributed by atoms with E-state index in [0.29, 0.717) is 30.0 Å². The van der Waals surface area contributed by atoms with Crippen molar-refractivity contribution in [2.75, 3.05) is 13.7 Å². The quantitative estimate of drug-likeness (QED) is 0.466. The van der Waals surface area contributed by atoms with Crippen LogP contribution < -0.4 is 5.56 Å². The summed E-state index contributed by atoms with van der Waals surface area (Å²) >= 11 is 0. The van der Waals surface area contributed by atoms with Crippen LogP contribution in [0.1, 0.15) is 16.1 Å². The molecule has 1 aromatic carbocycles. The standard InChI is InChI=1S/C18H24N2O4Si/c1-23-18(22)14-7-5-13(6-8-14)15-11-17(21)20-19-16(15)12-24-9-10-25(2,3)4/h5-8,11H,9-10,12H2,1-4H3,(H,20,21). The summed E-state index contributed by atoms with van der Waals surface area (Å²) in [4.78, 5) is 23.2. The number of rotatable bonds is 7. The van der Waals surface area contributed by atoms with Crippen molar-refractivity contribution in [3.63, 3.8) is 0 Å². The molecule has 1 heterocycles. The van der Waals surface area contributed by atoms with Crippen LogP contribution in [0.5, 0.6) is 0 Å². The Kier molecular flexibility index (Phi) is 6.27.